The number of esters is 1. The lowest BCUT2D eigenvalue weighted by molar-refractivity contribution is -0.137. The first-order chi connectivity index (χ1) is 15.8. The summed E-state index contributed by atoms with van der Waals surface area (Å²) in [7, 11) is 3.42. The van der Waals surface area contributed by atoms with E-state index in [0.29, 0.717) is 42.9 Å². The topological polar surface area (TPSA) is 70.2 Å². The van der Waals surface area contributed by atoms with Gasteiger partial charge in [-0.15, -0.1) is 0 Å². The lowest BCUT2D eigenvalue weighted by Gasteiger charge is -2.40. The van der Waals surface area contributed by atoms with Gasteiger partial charge in [0, 0.05) is 62.7 Å². The molecule has 0 aromatic heterocycles. The summed E-state index contributed by atoms with van der Waals surface area (Å²) < 4.78 is 5.83. The van der Waals surface area contributed by atoms with Crippen LogP contribution in [0.5, 0.6) is 0 Å². The van der Waals surface area contributed by atoms with Gasteiger partial charge in [-0.25, -0.2) is 4.79 Å². The number of carbonyl (C=O) groups excluding carboxylic acids is 3. The van der Waals surface area contributed by atoms with Crippen molar-refractivity contribution in [2.75, 3.05) is 38.6 Å². The van der Waals surface area contributed by atoms with Crippen molar-refractivity contribution in [3.05, 3.63) is 64.2 Å². The van der Waals surface area contributed by atoms with E-state index in [1.807, 2.05) is 40.1 Å². The third-order valence-electron chi connectivity index (χ3n) is 7.04. The van der Waals surface area contributed by atoms with Gasteiger partial charge in [-0.2, -0.15) is 0 Å². The lowest BCUT2D eigenvalue weighted by Crippen LogP contribution is -2.53. The van der Waals surface area contributed by atoms with E-state index in [0.717, 1.165) is 16.8 Å². The number of fused-ring (bicyclic) bond motifs is 3. The van der Waals surface area contributed by atoms with Crippen LogP contribution in [0.4, 0.5) is 5.69 Å². The Morgan fingerprint density at radius 1 is 1.15 bits per heavy atom. The van der Waals surface area contributed by atoms with E-state index in [1.165, 1.54) is 4.90 Å². The predicted molar refractivity (Wildman–Crippen MR) is 124 cm³/mol. The molecule has 3 aliphatic rings. The van der Waals surface area contributed by atoms with Crippen molar-refractivity contribution in [3.63, 3.8) is 0 Å². The monoisotopic (exact) mass is 467 g/mol. The van der Waals surface area contributed by atoms with Gasteiger partial charge in [0.2, 0.25) is 11.8 Å². The van der Waals surface area contributed by atoms with Crippen molar-refractivity contribution in [1.29, 1.82) is 0 Å². The van der Waals surface area contributed by atoms with Crippen LogP contribution in [0.15, 0.2) is 42.5 Å². The van der Waals surface area contributed by atoms with E-state index in [9.17, 15) is 14.4 Å². The summed E-state index contributed by atoms with van der Waals surface area (Å²) in [6, 6.07) is 12.6. The van der Waals surface area contributed by atoms with E-state index in [-0.39, 0.29) is 24.3 Å². The molecule has 1 spiro atoms. The second-order valence-corrected chi connectivity index (χ2v) is 9.60. The van der Waals surface area contributed by atoms with Crippen LogP contribution in [0.25, 0.3) is 0 Å². The number of hydrogen-bond acceptors (Lipinski definition) is 5. The number of nitrogens with zero attached hydrogens (tertiary/aromatic N) is 3. The Morgan fingerprint density at radius 3 is 2.61 bits per heavy atom. The van der Waals surface area contributed by atoms with Crippen molar-refractivity contribution in [3.8, 4) is 0 Å². The average Bonchev–Trinajstić information content (AvgIpc) is 3.29. The fourth-order valence-electron chi connectivity index (χ4n) is 5.20. The average molecular weight is 468 g/mol. The second-order valence-electron chi connectivity index (χ2n) is 9.16. The van der Waals surface area contributed by atoms with Gasteiger partial charge in [-0.3, -0.25) is 9.59 Å². The maximum atomic E-state index is 13.6. The molecule has 3 aliphatic heterocycles. The molecule has 5 rings (SSSR count). The zero-order valence-corrected chi connectivity index (χ0v) is 19.5. The first kappa shape index (κ1) is 21.8. The summed E-state index contributed by atoms with van der Waals surface area (Å²) in [5.74, 6) is -0.370. The normalized spacial score (nSPS) is 20.5. The highest BCUT2D eigenvalue weighted by atomic mass is 35.5. The number of amides is 2. The van der Waals surface area contributed by atoms with E-state index < -0.39 is 11.6 Å². The van der Waals surface area contributed by atoms with Crippen molar-refractivity contribution < 1.29 is 19.1 Å². The van der Waals surface area contributed by atoms with E-state index in [2.05, 4.69) is 0 Å². The smallest absolute Gasteiger partial charge is 0.339 e. The first-order valence-corrected chi connectivity index (χ1v) is 11.5. The summed E-state index contributed by atoms with van der Waals surface area (Å²) in [6.07, 6.45) is 1.63. The Morgan fingerprint density at radius 2 is 1.88 bits per heavy atom. The minimum Gasteiger partial charge on any atom is -0.450 e. The van der Waals surface area contributed by atoms with Crippen molar-refractivity contribution >= 4 is 35.1 Å². The molecule has 1 saturated heterocycles. The molecular formula is C25H26ClN3O4. The van der Waals surface area contributed by atoms with E-state index in [4.69, 9.17) is 16.3 Å². The fraction of sp³-hybridized carbons (Fsp3) is 0.400. The molecule has 3 heterocycles. The van der Waals surface area contributed by atoms with Crippen LogP contribution in [0.2, 0.25) is 5.02 Å². The zero-order valence-electron chi connectivity index (χ0n) is 18.7. The molecule has 1 unspecified atom stereocenters. The quantitative estimate of drug-likeness (QED) is 0.649. The molecule has 1 fully saturated rings. The Kier molecular flexibility index (Phi) is 5.32. The molecule has 0 N–H and O–H groups in total. The highest BCUT2D eigenvalue weighted by Gasteiger charge is 2.49. The fourth-order valence-corrected chi connectivity index (χ4v) is 5.40. The molecule has 0 bridgehead atoms. The Hall–Kier alpha value is -3.06. The molecule has 8 heteroatoms. The Balaban J connectivity index is 1.35. The summed E-state index contributed by atoms with van der Waals surface area (Å²) in [5.41, 5.74) is 2.73. The molecule has 0 aliphatic carbocycles. The van der Waals surface area contributed by atoms with Gasteiger partial charge in [-0.1, -0.05) is 29.8 Å². The molecule has 2 aromatic carbocycles. The van der Waals surface area contributed by atoms with Crippen molar-refractivity contribution in [2.24, 2.45) is 0 Å². The molecule has 172 valence electrons. The Labute approximate surface area is 197 Å². The van der Waals surface area contributed by atoms with Crippen LogP contribution in [-0.2, 0) is 26.3 Å². The van der Waals surface area contributed by atoms with Crippen LogP contribution < -0.4 is 4.90 Å². The van der Waals surface area contributed by atoms with Crippen LogP contribution in [0.1, 0.15) is 34.3 Å². The van der Waals surface area contributed by atoms with Gasteiger partial charge in [0.25, 0.3) is 0 Å². The summed E-state index contributed by atoms with van der Waals surface area (Å²) >= 11 is 6.20. The number of rotatable bonds is 3. The van der Waals surface area contributed by atoms with Gasteiger partial charge < -0.3 is 19.4 Å². The first-order valence-electron chi connectivity index (χ1n) is 11.2. The van der Waals surface area contributed by atoms with Crippen LogP contribution >= 0.6 is 11.6 Å². The minimum atomic E-state index is -0.656. The van der Waals surface area contributed by atoms with Crippen LogP contribution in [0.3, 0.4) is 0 Å². The number of ether oxygens (including phenoxy) is 1. The van der Waals surface area contributed by atoms with Crippen molar-refractivity contribution in [1.82, 2.24) is 9.80 Å². The number of anilines is 1. The summed E-state index contributed by atoms with van der Waals surface area (Å²) in [5, 5.41) is 0.613. The maximum absolute atomic E-state index is 13.6. The number of benzene rings is 2. The largest absolute Gasteiger partial charge is 0.450 e. The van der Waals surface area contributed by atoms with Gasteiger partial charge in [-0.05, 0) is 29.8 Å². The maximum Gasteiger partial charge on any atom is 0.339 e. The number of carbonyl (C=O) groups is 3. The molecule has 33 heavy (non-hydrogen) atoms. The van der Waals surface area contributed by atoms with E-state index in [1.54, 1.807) is 26.2 Å². The van der Waals surface area contributed by atoms with Crippen LogP contribution in [-0.4, -0.2) is 67.4 Å². The number of halogens is 1. The predicted octanol–water partition coefficient (Wildman–Crippen LogP) is 2.85. The van der Waals surface area contributed by atoms with Gasteiger partial charge in [0.05, 0.1) is 12.1 Å². The molecule has 0 saturated carbocycles. The highest BCUT2D eigenvalue weighted by molar-refractivity contribution is 6.30. The second kappa shape index (κ2) is 8.06. The van der Waals surface area contributed by atoms with Gasteiger partial charge in [0.1, 0.15) is 11.6 Å². The number of likely N-dealkylation sites (N-methyl/N-ethyl adjacent to an activating group) is 1. The molecule has 0 radical (unpaired) electrons. The SMILES string of the molecule is CN(C)C(=O)CN1c2ccc(Cl)cc2CC1C(=O)N1CCC2(CC1)OC(=O)c1ccccc12. The Bertz CT molecular complexity index is 1140. The summed E-state index contributed by atoms with van der Waals surface area (Å²) in [6.45, 7) is 1.10. The molecule has 2 aromatic rings. The van der Waals surface area contributed by atoms with Crippen LogP contribution in [0, 0.1) is 0 Å². The van der Waals surface area contributed by atoms with Gasteiger partial charge >= 0.3 is 5.97 Å². The molecular weight excluding hydrogens is 442 g/mol. The highest BCUT2D eigenvalue weighted by Crippen LogP contribution is 2.44. The minimum absolute atomic E-state index is 0.0127. The number of piperidine rings is 1. The number of hydrogen-bond donors (Lipinski definition) is 0. The lowest BCUT2D eigenvalue weighted by atomic mass is 9.83. The van der Waals surface area contributed by atoms with Gasteiger partial charge in [0.15, 0.2) is 0 Å². The molecule has 2 amide bonds. The summed E-state index contributed by atoms with van der Waals surface area (Å²) in [4.78, 5) is 43.8. The van der Waals surface area contributed by atoms with Crippen molar-refractivity contribution in [2.45, 2.75) is 30.9 Å². The standard InChI is InChI=1S/C25H26ClN3O4/c1-27(2)22(30)15-29-20-8-7-17(26)13-16(20)14-21(29)23(31)28-11-9-25(10-12-28)19-6-4-3-5-18(19)24(32)33-25/h3-8,13,21H,9-12,14-15H2,1-2H3. The molecule has 7 nitrogen and oxygen atoms in total. The number of likely N-dealkylation sites (tertiary alicyclic amines) is 1. The van der Waals surface area contributed by atoms with E-state index >= 15 is 0 Å². The third-order valence-corrected chi connectivity index (χ3v) is 7.27. The third kappa shape index (κ3) is 3.64. The molecule has 1 atom stereocenters. The zero-order chi connectivity index (χ0) is 23.3.